The highest BCUT2D eigenvalue weighted by Gasteiger charge is 2.58. The molecule has 2 nitrogen and oxygen atoms in total. The number of aromatic nitrogens is 1. The van der Waals surface area contributed by atoms with Crippen LogP contribution in [0.25, 0.3) is 5.57 Å². The van der Waals surface area contributed by atoms with Crippen molar-refractivity contribution in [3.63, 3.8) is 0 Å². The van der Waals surface area contributed by atoms with Crippen molar-refractivity contribution in [3.05, 3.63) is 47.6 Å². The number of carbonyl (C=O) groups is 1. The zero-order valence-electron chi connectivity index (χ0n) is 17.9. The van der Waals surface area contributed by atoms with E-state index in [0.29, 0.717) is 35.9 Å². The van der Waals surface area contributed by atoms with Crippen molar-refractivity contribution in [2.45, 2.75) is 65.7 Å². The van der Waals surface area contributed by atoms with Gasteiger partial charge in [-0.15, -0.1) is 0 Å². The Bertz CT molecular complexity index is 917. The molecule has 1 heterocycles. The molecule has 0 bridgehead atoms. The van der Waals surface area contributed by atoms with Gasteiger partial charge in [-0.05, 0) is 96.3 Å². The fourth-order valence-corrected chi connectivity index (χ4v) is 7.74. The van der Waals surface area contributed by atoms with Crippen LogP contribution in [0, 0.1) is 40.3 Å². The summed E-state index contributed by atoms with van der Waals surface area (Å²) < 4.78 is 13.9. The maximum atomic E-state index is 13.9. The van der Waals surface area contributed by atoms with E-state index in [4.69, 9.17) is 0 Å². The van der Waals surface area contributed by atoms with Crippen LogP contribution in [0.4, 0.5) is 4.39 Å². The van der Waals surface area contributed by atoms with Gasteiger partial charge in [0.15, 0.2) is 5.78 Å². The van der Waals surface area contributed by atoms with E-state index in [1.807, 2.05) is 12.3 Å². The van der Waals surface area contributed by atoms with Gasteiger partial charge >= 0.3 is 0 Å². The van der Waals surface area contributed by atoms with E-state index in [-0.39, 0.29) is 16.6 Å². The maximum Gasteiger partial charge on any atom is 0.155 e. The predicted octanol–water partition coefficient (Wildman–Crippen LogP) is 6.38. The number of carbonyl (C=O) groups excluding carboxylic acids is 1. The standard InChI is InChI=1S/C26H32FNO/c1-4-16-12-20-22-6-5-21(17-11-18(27)15-28-14-17)25(22,2)10-8-23(20)26(3)9-7-19(29)13-24(16)26/h5,11,13-16,20,22-23H,4,6-10,12H2,1-3H3/t16?,20-,22?,23?,25+,26+/m0/s1. The highest BCUT2D eigenvalue weighted by atomic mass is 19.1. The molecule has 0 aromatic carbocycles. The summed E-state index contributed by atoms with van der Waals surface area (Å²) >= 11 is 0. The summed E-state index contributed by atoms with van der Waals surface area (Å²) in [6.07, 6.45) is 15.0. The molecule has 2 saturated carbocycles. The molecule has 0 amide bonds. The zero-order valence-corrected chi connectivity index (χ0v) is 17.9. The van der Waals surface area contributed by atoms with Gasteiger partial charge in [-0.3, -0.25) is 9.78 Å². The lowest BCUT2D eigenvalue weighted by molar-refractivity contribution is -0.117. The van der Waals surface area contributed by atoms with Gasteiger partial charge in [0.25, 0.3) is 0 Å². The minimum absolute atomic E-state index is 0.108. The summed E-state index contributed by atoms with van der Waals surface area (Å²) in [6.45, 7) is 7.15. The number of allylic oxidation sites excluding steroid dienone is 4. The summed E-state index contributed by atoms with van der Waals surface area (Å²) in [6, 6.07) is 1.66. The van der Waals surface area contributed by atoms with E-state index in [9.17, 15) is 9.18 Å². The summed E-state index contributed by atoms with van der Waals surface area (Å²) in [7, 11) is 0. The lowest BCUT2D eigenvalue weighted by Gasteiger charge is -2.59. The smallest absolute Gasteiger partial charge is 0.155 e. The predicted molar refractivity (Wildman–Crippen MR) is 113 cm³/mol. The Morgan fingerprint density at radius 3 is 2.76 bits per heavy atom. The molecule has 3 heteroatoms. The van der Waals surface area contributed by atoms with Gasteiger partial charge in [0.2, 0.25) is 0 Å². The quantitative estimate of drug-likeness (QED) is 0.583. The van der Waals surface area contributed by atoms with Crippen molar-refractivity contribution in [2.24, 2.45) is 34.5 Å². The Kier molecular flexibility index (Phi) is 4.38. The molecule has 0 N–H and O–H groups in total. The van der Waals surface area contributed by atoms with E-state index in [1.54, 1.807) is 6.07 Å². The van der Waals surface area contributed by atoms with Gasteiger partial charge in [-0.2, -0.15) is 0 Å². The van der Waals surface area contributed by atoms with Crippen LogP contribution in [0.2, 0.25) is 0 Å². The van der Waals surface area contributed by atoms with Crippen LogP contribution in [0.1, 0.15) is 71.3 Å². The molecule has 4 aliphatic rings. The molecule has 3 unspecified atom stereocenters. The van der Waals surface area contributed by atoms with E-state index >= 15 is 0 Å². The van der Waals surface area contributed by atoms with Crippen molar-refractivity contribution < 1.29 is 9.18 Å². The van der Waals surface area contributed by atoms with Gasteiger partial charge in [-0.1, -0.05) is 32.4 Å². The fourth-order valence-electron chi connectivity index (χ4n) is 7.74. The number of hydrogen-bond donors (Lipinski definition) is 0. The Balaban J connectivity index is 1.51. The van der Waals surface area contributed by atoms with Gasteiger partial charge in [0, 0.05) is 12.6 Å². The molecule has 0 aliphatic heterocycles. The molecule has 29 heavy (non-hydrogen) atoms. The number of halogens is 1. The Morgan fingerprint density at radius 1 is 1.17 bits per heavy atom. The van der Waals surface area contributed by atoms with Crippen LogP contribution >= 0.6 is 0 Å². The third kappa shape index (κ3) is 2.72. The third-order valence-corrected chi connectivity index (χ3v) is 9.21. The lowest BCUT2D eigenvalue weighted by atomic mass is 9.45. The third-order valence-electron chi connectivity index (χ3n) is 9.21. The second-order valence-electron chi connectivity index (χ2n) is 10.4. The highest BCUT2D eigenvalue weighted by Crippen LogP contribution is 2.67. The SMILES string of the molecule is CCC1C[C@@H]2C(CC[C@]3(C)C(c4cncc(F)c4)=CCC23)[C@@]2(C)CCC(=O)C=C12. The molecule has 0 spiro atoms. The molecule has 0 saturated heterocycles. The topological polar surface area (TPSA) is 30.0 Å². The van der Waals surface area contributed by atoms with E-state index in [1.165, 1.54) is 30.2 Å². The number of hydrogen-bond acceptors (Lipinski definition) is 2. The van der Waals surface area contributed by atoms with Crippen LogP contribution < -0.4 is 0 Å². The van der Waals surface area contributed by atoms with Crippen molar-refractivity contribution in [3.8, 4) is 0 Å². The summed E-state index contributed by atoms with van der Waals surface area (Å²) in [5.41, 5.74) is 4.03. The second-order valence-corrected chi connectivity index (χ2v) is 10.4. The summed E-state index contributed by atoms with van der Waals surface area (Å²) in [5, 5.41) is 0. The van der Waals surface area contributed by atoms with Crippen LogP contribution in [0.3, 0.4) is 0 Å². The van der Waals surface area contributed by atoms with Crippen molar-refractivity contribution >= 4 is 11.4 Å². The number of fused-ring (bicyclic) bond motifs is 5. The van der Waals surface area contributed by atoms with E-state index < -0.39 is 0 Å². The van der Waals surface area contributed by atoms with Crippen LogP contribution in [0.5, 0.6) is 0 Å². The fraction of sp³-hybridized carbons (Fsp3) is 0.615. The Labute approximate surface area is 173 Å². The molecular weight excluding hydrogens is 361 g/mol. The van der Waals surface area contributed by atoms with E-state index in [2.05, 4.69) is 31.8 Å². The summed E-state index contributed by atoms with van der Waals surface area (Å²) in [5.74, 6) is 2.59. The molecule has 6 atom stereocenters. The molecule has 0 radical (unpaired) electrons. The lowest BCUT2D eigenvalue weighted by Crippen LogP contribution is -2.52. The van der Waals surface area contributed by atoms with Crippen molar-refractivity contribution in [2.75, 3.05) is 0 Å². The number of ketones is 1. The van der Waals surface area contributed by atoms with Crippen molar-refractivity contribution in [1.82, 2.24) is 4.98 Å². The maximum absolute atomic E-state index is 13.9. The van der Waals surface area contributed by atoms with Gasteiger partial charge in [0.1, 0.15) is 5.82 Å². The molecule has 154 valence electrons. The minimum Gasteiger partial charge on any atom is -0.295 e. The molecule has 1 aromatic heterocycles. The number of rotatable bonds is 2. The minimum atomic E-state index is -0.248. The zero-order chi connectivity index (χ0) is 20.4. The number of nitrogens with zero attached hydrogens (tertiary/aromatic N) is 1. The molecular formula is C26H32FNO. The largest absolute Gasteiger partial charge is 0.295 e. The first-order valence-corrected chi connectivity index (χ1v) is 11.4. The average Bonchev–Trinajstić information content (AvgIpc) is 3.05. The highest BCUT2D eigenvalue weighted by molar-refractivity contribution is 5.91. The molecule has 2 fully saturated rings. The van der Waals surface area contributed by atoms with Crippen LogP contribution in [0.15, 0.2) is 36.2 Å². The average molecular weight is 394 g/mol. The van der Waals surface area contributed by atoms with Gasteiger partial charge in [0.05, 0.1) is 6.20 Å². The van der Waals surface area contributed by atoms with Gasteiger partial charge in [-0.25, -0.2) is 4.39 Å². The normalized spacial score (nSPS) is 41.2. The first kappa shape index (κ1) is 19.2. The molecule has 1 aromatic rings. The Morgan fingerprint density at radius 2 is 2.00 bits per heavy atom. The Hall–Kier alpha value is -1.77. The molecule has 4 aliphatic carbocycles. The first-order valence-electron chi connectivity index (χ1n) is 11.4. The van der Waals surface area contributed by atoms with Crippen molar-refractivity contribution in [1.29, 1.82) is 0 Å². The molecule has 5 rings (SSSR count). The van der Waals surface area contributed by atoms with Crippen LogP contribution in [-0.4, -0.2) is 10.8 Å². The van der Waals surface area contributed by atoms with Crippen LogP contribution in [-0.2, 0) is 4.79 Å². The second kappa shape index (κ2) is 6.62. The monoisotopic (exact) mass is 393 g/mol. The van der Waals surface area contributed by atoms with E-state index in [0.717, 1.165) is 31.2 Å². The van der Waals surface area contributed by atoms with Gasteiger partial charge < -0.3 is 0 Å². The number of pyridine rings is 1. The summed E-state index contributed by atoms with van der Waals surface area (Å²) in [4.78, 5) is 16.3. The first-order chi connectivity index (χ1) is 13.9.